The first-order valence-electron chi connectivity index (χ1n) is 10.5. The van der Waals surface area contributed by atoms with Gasteiger partial charge in [-0.3, -0.25) is 9.78 Å². The van der Waals surface area contributed by atoms with Crippen LogP contribution < -0.4 is 0 Å². The molecule has 3 rings (SSSR count). The number of halogens is 6. The second-order valence-electron chi connectivity index (χ2n) is 8.29. The molecular formula is C21H27F6N3O5. The number of aromatic nitrogens is 1. The fraction of sp³-hybridized carbons (Fsp3) is 0.619. The van der Waals surface area contributed by atoms with Crippen molar-refractivity contribution in [2.75, 3.05) is 20.6 Å². The molecule has 1 aromatic rings. The van der Waals surface area contributed by atoms with E-state index in [1.807, 2.05) is 12.4 Å². The number of alkyl halides is 6. The van der Waals surface area contributed by atoms with Crippen LogP contribution in [-0.4, -0.2) is 87.9 Å². The molecule has 35 heavy (non-hydrogen) atoms. The molecule has 2 fully saturated rings. The molecule has 2 atom stereocenters. The smallest absolute Gasteiger partial charge is 0.475 e. The van der Waals surface area contributed by atoms with Crippen LogP contribution in [0.1, 0.15) is 31.2 Å². The molecule has 0 aromatic carbocycles. The van der Waals surface area contributed by atoms with Gasteiger partial charge in [0, 0.05) is 31.4 Å². The summed E-state index contributed by atoms with van der Waals surface area (Å²) in [5, 5.41) is 14.2. The van der Waals surface area contributed by atoms with Crippen LogP contribution >= 0.6 is 0 Å². The zero-order valence-corrected chi connectivity index (χ0v) is 19.0. The maximum Gasteiger partial charge on any atom is 0.490 e. The Hall–Kier alpha value is -2.90. The van der Waals surface area contributed by atoms with E-state index in [9.17, 15) is 31.1 Å². The van der Waals surface area contributed by atoms with Crippen LogP contribution in [0, 0.1) is 5.92 Å². The van der Waals surface area contributed by atoms with Crippen molar-refractivity contribution in [3.05, 3.63) is 30.1 Å². The molecule has 1 aliphatic carbocycles. The maximum absolute atomic E-state index is 12.6. The third-order valence-corrected chi connectivity index (χ3v) is 5.33. The molecule has 2 N–H and O–H groups in total. The number of hydrogen-bond acceptors (Lipinski definition) is 5. The highest BCUT2D eigenvalue weighted by atomic mass is 19.4. The summed E-state index contributed by atoms with van der Waals surface area (Å²) in [6.45, 7) is 0.907. The summed E-state index contributed by atoms with van der Waals surface area (Å²) in [6.07, 6.45) is -1.23. The average Bonchev–Trinajstić information content (AvgIpc) is 3.44. The highest BCUT2D eigenvalue weighted by Crippen LogP contribution is 2.34. The van der Waals surface area contributed by atoms with E-state index < -0.39 is 24.3 Å². The number of rotatable bonds is 5. The van der Waals surface area contributed by atoms with Crippen molar-refractivity contribution in [2.45, 2.75) is 56.5 Å². The van der Waals surface area contributed by atoms with Gasteiger partial charge >= 0.3 is 24.3 Å². The van der Waals surface area contributed by atoms with Gasteiger partial charge in [0.25, 0.3) is 0 Å². The normalized spacial score (nSPS) is 19.9. The lowest BCUT2D eigenvalue weighted by molar-refractivity contribution is -0.193. The summed E-state index contributed by atoms with van der Waals surface area (Å²) >= 11 is 0. The van der Waals surface area contributed by atoms with Crippen molar-refractivity contribution >= 4 is 17.8 Å². The fourth-order valence-corrected chi connectivity index (χ4v) is 3.44. The first kappa shape index (κ1) is 30.1. The first-order chi connectivity index (χ1) is 16.0. The van der Waals surface area contributed by atoms with E-state index in [2.05, 4.69) is 41.0 Å². The molecule has 198 valence electrons. The Morgan fingerprint density at radius 3 is 1.80 bits per heavy atom. The van der Waals surface area contributed by atoms with Gasteiger partial charge in [-0.25, -0.2) is 9.59 Å². The van der Waals surface area contributed by atoms with Gasteiger partial charge in [0.2, 0.25) is 5.91 Å². The van der Waals surface area contributed by atoms with Crippen molar-refractivity contribution < 1.29 is 50.9 Å². The SMILES string of the molecule is CN(C)[C@@H]1CCN(C(=O)CC2CC2)[C@H]1Cc1ccncc1.O=C(O)C(F)(F)F.O=C(O)C(F)(F)F. The number of carbonyl (C=O) groups is 3. The minimum absolute atomic E-state index is 0.300. The maximum atomic E-state index is 12.6. The van der Waals surface area contributed by atoms with Gasteiger partial charge in [0.15, 0.2) is 0 Å². The van der Waals surface area contributed by atoms with E-state index >= 15 is 0 Å². The summed E-state index contributed by atoms with van der Waals surface area (Å²) in [5.41, 5.74) is 1.27. The van der Waals surface area contributed by atoms with Gasteiger partial charge in [0.05, 0.1) is 6.04 Å². The predicted octanol–water partition coefficient (Wildman–Crippen LogP) is 3.22. The Morgan fingerprint density at radius 1 is 0.971 bits per heavy atom. The van der Waals surface area contributed by atoms with Gasteiger partial charge in [-0.05, 0) is 63.4 Å². The molecule has 8 nitrogen and oxygen atoms in total. The fourth-order valence-electron chi connectivity index (χ4n) is 3.44. The summed E-state index contributed by atoms with van der Waals surface area (Å²) in [4.78, 5) is 38.9. The molecule has 14 heteroatoms. The zero-order valence-electron chi connectivity index (χ0n) is 19.0. The van der Waals surface area contributed by atoms with E-state index in [1.165, 1.54) is 18.4 Å². The number of nitrogens with zero attached hydrogens (tertiary/aromatic N) is 3. The number of pyridine rings is 1. The second-order valence-corrected chi connectivity index (χ2v) is 8.29. The molecule has 1 amide bonds. The lowest BCUT2D eigenvalue weighted by atomic mass is 10.00. The van der Waals surface area contributed by atoms with Crippen LogP contribution in [0.25, 0.3) is 0 Å². The first-order valence-corrected chi connectivity index (χ1v) is 10.5. The molecular weight excluding hydrogens is 488 g/mol. The molecule has 2 aliphatic rings. The molecule has 0 unspecified atom stereocenters. The molecule has 0 bridgehead atoms. The van der Waals surface area contributed by atoms with Crippen molar-refractivity contribution in [2.24, 2.45) is 5.92 Å². The van der Waals surface area contributed by atoms with Crippen molar-refractivity contribution in [3.63, 3.8) is 0 Å². The van der Waals surface area contributed by atoms with Gasteiger partial charge in [0.1, 0.15) is 0 Å². The number of likely N-dealkylation sites (tertiary alicyclic amines) is 1. The minimum atomic E-state index is -5.08. The predicted molar refractivity (Wildman–Crippen MR) is 110 cm³/mol. The standard InChI is InChI=1S/C17H25N3O.2C2HF3O2/c1-19(2)15-7-10-20(17(21)12-13-3-4-13)16(15)11-14-5-8-18-9-6-14;2*3-2(4,5)1(6)7/h5-6,8-9,13,15-16H,3-4,7,10-12H2,1-2H3;2*(H,6,7)/t15-,16+;;/m1../s1. The Morgan fingerprint density at radius 2 is 1.43 bits per heavy atom. The van der Waals surface area contributed by atoms with E-state index in [1.54, 1.807) is 0 Å². The summed E-state index contributed by atoms with van der Waals surface area (Å²) in [6, 6.07) is 4.89. The van der Waals surface area contributed by atoms with Crippen LogP contribution in [0.3, 0.4) is 0 Å². The molecule has 1 saturated carbocycles. The Labute approximate surface area is 197 Å². The number of carboxylic acid groups (broad SMARTS) is 2. The number of carbonyl (C=O) groups excluding carboxylic acids is 1. The van der Waals surface area contributed by atoms with E-state index in [-0.39, 0.29) is 0 Å². The Kier molecular flexibility index (Phi) is 10.9. The molecule has 0 radical (unpaired) electrons. The summed E-state index contributed by atoms with van der Waals surface area (Å²) < 4.78 is 63.5. The second kappa shape index (κ2) is 12.7. The molecule has 2 heterocycles. The number of amides is 1. The molecule has 1 saturated heterocycles. The van der Waals surface area contributed by atoms with Crippen LogP contribution in [0.4, 0.5) is 26.3 Å². The molecule has 1 aliphatic heterocycles. The Bertz CT molecular complexity index is 820. The number of hydrogen-bond donors (Lipinski definition) is 2. The van der Waals surface area contributed by atoms with E-state index in [0.717, 1.165) is 25.8 Å². The zero-order chi connectivity index (χ0) is 27.0. The molecule has 0 spiro atoms. The van der Waals surface area contributed by atoms with Crippen molar-refractivity contribution in [1.29, 1.82) is 0 Å². The van der Waals surface area contributed by atoms with Crippen LogP contribution in [0.15, 0.2) is 24.5 Å². The number of likely N-dealkylation sites (N-methyl/N-ethyl adjacent to an activating group) is 1. The van der Waals surface area contributed by atoms with Gasteiger partial charge in [-0.2, -0.15) is 26.3 Å². The van der Waals surface area contributed by atoms with Gasteiger partial charge in [-0.15, -0.1) is 0 Å². The number of carboxylic acids is 2. The average molecular weight is 515 g/mol. The molecule has 1 aromatic heterocycles. The minimum Gasteiger partial charge on any atom is -0.475 e. The van der Waals surface area contributed by atoms with Crippen LogP contribution in [-0.2, 0) is 20.8 Å². The third-order valence-electron chi connectivity index (χ3n) is 5.33. The summed E-state index contributed by atoms with van der Waals surface area (Å²) in [5.74, 6) is -4.49. The van der Waals surface area contributed by atoms with Crippen LogP contribution in [0.5, 0.6) is 0 Å². The lowest BCUT2D eigenvalue weighted by Gasteiger charge is -2.31. The number of aliphatic carboxylic acids is 2. The topological polar surface area (TPSA) is 111 Å². The third kappa shape index (κ3) is 10.9. The Balaban J connectivity index is 0.000000362. The van der Waals surface area contributed by atoms with Gasteiger partial charge in [-0.1, -0.05) is 0 Å². The van der Waals surface area contributed by atoms with Gasteiger partial charge < -0.3 is 20.0 Å². The summed E-state index contributed by atoms with van der Waals surface area (Å²) in [7, 11) is 4.25. The van der Waals surface area contributed by atoms with Crippen LogP contribution in [0.2, 0.25) is 0 Å². The van der Waals surface area contributed by atoms with E-state index in [4.69, 9.17) is 19.8 Å². The quantitative estimate of drug-likeness (QED) is 0.580. The largest absolute Gasteiger partial charge is 0.490 e. The van der Waals surface area contributed by atoms with Crippen molar-refractivity contribution in [1.82, 2.24) is 14.8 Å². The lowest BCUT2D eigenvalue weighted by Crippen LogP contribution is -2.45. The van der Waals surface area contributed by atoms with Crippen molar-refractivity contribution in [3.8, 4) is 0 Å². The highest BCUT2D eigenvalue weighted by molar-refractivity contribution is 5.77. The highest BCUT2D eigenvalue weighted by Gasteiger charge is 2.40. The van der Waals surface area contributed by atoms with E-state index in [0.29, 0.717) is 23.9 Å². The monoisotopic (exact) mass is 515 g/mol.